The number of benzene rings is 1. The molecule has 0 bridgehead atoms. The second-order valence-corrected chi connectivity index (χ2v) is 4.94. The molecule has 1 unspecified atom stereocenters. The van der Waals surface area contributed by atoms with Crippen molar-refractivity contribution in [1.82, 2.24) is 4.90 Å². The molecule has 6 nitrogen and oxygen atoms in total. The highest BCUT2D eigenvalue weighted by Crippen LogP contribution is 2.40. The summed E-state index contributed by atoms with van der Waals surface area (Å²) in [6.45, 7) is 3.12. The molecule has 2 amide bonds. The first-order chi connectivity index (χ1) is 9.67. The van der Waals surface area contributed by atoms with Crippen molar-refractivity contribution in [2.75, 3.05) is 24.5 Å². The minimum absolute atomic E-state index is 0.0803. The van der Waals surface area contributed by atoms with Gasteiger partial charge in [-0.05, 0) is 13.0 Å². The number of hydrogen-bond donors (Lipinski definition) is 1. The molecule has 2 atom stereocenters. The summed E-state index contributed by atoms with van der Waals surface area (Å²) in [7, 11) is 0. The van der Waals surface area contributed by atoms with Crippen LogP contribution in [0.1, 0.15) is 18.5 Å². The van der Waals surface area contributed by atoms with Crippen molar-refractivity contribution in [3.63, 3.8) is 0 Å². The lowest BCUT2D eigenvalue weighted by molar-refractivity contribution is -0.122. The van der Waals surface area contributed by atoms with E-state index >= 15 is 0 Å². The van der Waals surface area contributed by atoms with Crippen LogP contribution in [0.5, 0.6) is 0 Å². The molecule has 1 saturated heterocycles. The molecule has 20 heavy (non-hydrogen) atoms. The van der Waals surface area contributed by atoms with Gasteiger partial charge in [0.1, 0.15) is 12.1 Å². The predicted octanol–water partition coefficient (Wildman–Crippen LogP) is 0.874. The third-order valence-corrected chi connectivity index (χ3v) is 3.82. The minimum atomic E-state index is -0.588. The van der Waals surface area contributed by atoms with Gasteiger partial charge in [0.25, 0.3) is 5.91 Å². The van der Waals surface area contributed by atoms with Crippen LogP contribution in [0, 0.1) is 0 Å². The second-order valence-electron chi connectivity index (χ2n) is 4.94. The van der Waals surface area contributed by atoms with E-state index in [1.807, 2.05) is 31.2 Å². The summed E-state index contributed by atoms with van der Waals surface area (Å²) in [4.78, 5) is 27.7. The SMILES string of the molecule is CCN1C(=O)[C@H](N2CC(CN)OC2=O)c2ccccc21. The van der Waals surface area contributed by atoms with Crippen molar-refractivity contribution in [3.8, 4) is 0 Å². The Labute approximate surface area is 117 Å². The molecule has 6 heteroatoms. The van der Waals surface area contributed by atoms with Crippen molar-refractivity contribution in [1.29, 1.82) is 0 Å². The Morgan fingerprint density at radius 1 is 1.35 bits per heavy atom. The Balaban J connectivity index is 1.98. The van der Waals surface area contributed by atoms with Gasteiger partial charge < -0.3 is 15.4 Å². The van der Waals surface area contributed by atoms with Gasteiger partial charge >= 0.3 is 6.09 Å². The number of likely N-dealkylation sites (N-methyl/N-ethyl adjacent to an activating group) is 1. The maximum Gasteiger partial charge on any atom is 0.411 e. The van der Waals surface area contributed by atoms with Gasteiger partial charge in [0, 0.05) is 24.3 Å². The van der Waals surface area contributed by atoms with E-state index in [-0.39, 0.29) is 18.6 Å². The van der Waals surface area contributed by atoms with Crippen LogP contribution in [0.2, 0.25) is 0 Å². The zero-order valence-electron chi connectivity index (χ0n) is 11.3. The molecule has 2 aliphatic rings. The molecule has 1 aromatic rings. The normalized spacial score (nSPS) is 25.1. The highest BCUT2D eigenvalue weighted by atomic mass is 16.6. The van der Waals surface area contributed by atoms with Crippen LogP contribution >= 0.6 is 0 Å². The summed E-state index contributed by atoms with van der Waals surface area (Å²) in [5.41, 5.74) is 7.27. The lowest BCUT2D eigenvalue weighted by Crippen LogP contribution is -2.38. The first-order valence-corrected chi connectivity index (χ1v) is 6.75. The third-order valence-electron chi connectivity index (χ3n) is 3.82. The summed E-state index contributed by atoms with van der Waals surface area (Å²) < 4.78 is 5.16. The van der Waals surface area contributed by atoms with Crippen molar-refractivity contribution in [3.05, 3.63) is 29.8 Å². The molecule has 2 heterocycles. The summed E-state index contributed by atoms with van der Waals surface area (Å²) in [5, 5.41) is 0. The Bertz CT molecular complexity index is 560. The van der Waals surface area contributed by atoms with E-state index < -0.39 is 12.1 Å². The predicted molar refractivity (Wildman–Crippen MR) is 73.2 cm³/mol. The van der Waals surface area contributed by atoms with Crippen molar-refractivity contribution < 1.29 is 14.3 Å². The number of rotatable bonds is 3. The standard InChI is InChI=1S/C14H17N3O3/c1-2-16-11-6-4-3-5-10(11)12(13(16)18)17-8-9(7-15)20-14(17)19/h3-6,9,12H,2,7-8,15H2,1H3/t9?,12-/m1/s1. The number of para-hydroxylation sites is 1. The molecule has 2 N–H and O–H groups in total. The maximum absolute atomic E-state index is 12.6. The fourth-order valence-electron chi connectivity index (χ4n) is 2.87. The average Bonchev–Trinajstić information content (AvgIpc) is 2.95. The molecule has 0 radical (unpaired) electrons. The monoisotopic (exact) mass is 275 g/mol. The van der Waals surface area contributed by atoms with Gasteiger partial charge in [-0.2, -0.15) is 0 Å². The van der Waals surface area contributed by atoms with Gasteiger partial charge in [0.05, 0.1) is 6.54 Å². The summed E-state index contributed by atoms with van der Waals surface area (Å²) >= 11 is 0. The largest absolute Gasteiger partial charge is 0.443 e. The van der Waals surface area contributed by atoms with E-state index in [1.54, 1.807) is 4.90 Å². The number of ether oxygens (including phenoxy) is 1. The molecule has 1 fully saturated rings. The van der Waals surface area contributed by atoms with Gasteiger partial charge in [-0.3, -0.25) is 9.69 Å². The second kappa shape index (κ2) is 4.79. The fourth-order valence-corrected chi connectivity index (χ4v) is 2.87. The van der Waals surface area contributed by atoms with Crippen LogP contribution in [-0.2, 0) is 9.53 Å². The summed E-state index contributed by atoms with van der Waals surface area (Å²) in [6.07, 6.45) is -0.801. The topological polar surface area (TPSA) is 75.9 Å². The third kappa shape index (κ3) is 1.76. The Hall–Kier alpha value is -2.08. The summed E-state index contributed by atoms with van der Waals surface area (Å²) in [6, 6.07) is 6.97. The first kappa shape index (κ1) is 12.9. The molecule has 0 aliphatic carbocycles. The Kier molecular flexibility index (Phi) is 3.10. The number of fused-ring (bicyclic) bond motifs is 1. The molecular formula is C14H17N3O3. The van der Waals surface area contributed by atoms with Gasteiger partial charge in [-0.15, -0.1) is 0 Å². The zero-order chi connectivity index (χ0) is 14.3. The number of nitrogens with two attached hydrogens (primary N) is 1. The van der Waals surface area contributed by atoms with Crippen molar-refractivity contribution >= 4 is 17.7 Å². The van der Waals surface area contributed by atoms with Gasteiger partial charge in [-0.1, -0.05) is 18.2 Å². The van der Waals surface area contributed by atoms with Crippen LogP contribution in [0.3, 0.4) is 0 Å². The molecular weight excluding hydrogens is 258 g/mol. The highest BCUT2D eigenvalue weighted by molar-refractivity contribution is 6.05. The number of hydrogen-bond acceptors (Lipinski definition) is 4. The van der Waals surface area contributed by atoms with Crippen LogP contribution in [0.4, 0.5) is 10.5 Å². The fraction of sp³-hybridized carbons (Fsp3) is 0.429. The average molecular weight is 275 g/mol. The lowest BCUT2D eigenvalue weighted by Gasteiger charge is -2.21. The maximum atomic E-state index is 12.6. The van der Waals surface area contributed by atoms with E-state index in [4.69, 9.17) is 10.5 Å². The van der Waals surface area contributed by atoms with Crippen LogP contribution in [0.25, 0.3) is 0 Å². The summed E-state index contributed by atoms with van der Waals surface area (Å²) in [5.74, 6) is -0.0803. The van der Waals surface area contributed by atoms with Crippen LogP contribution in [-0.4, -0.2) is 42.6 Å². The Morgan fingerprint density at radius 3 is 2.75 bits per heavy atom. The lowest BCUT2D eigenvalue weighted by atomic mass is 10.1. The molecule has 0 spiro atoms. The highest BCUT2D eigenvalue weighted by Gasteiger charge is 2.46. The van der Waals surface area contributed by atoms with E-state index in [0.29, 0.717) is 13.1 Å². The molecule has 0 aromatic heterocycles. The molecule has 106 valence electrons. The molecule has 0 saturated carbocycles. The van der Waals surface area contributed by atoms with E-state index in [2.05, 4.69) is 0 Å². The number of anilines is 1. The molecule has 1 aromatic carbocycles. The number of amides is 2. The van der Waals surface area contributed by atoms with Crippen LogP contribution < -0.4 is 10.6 Å². The van der Waals surface area contributed by atoms with E-state index in [0.717, 1.165) is 11.3 Å². The van der Waals surface area contributed by atoms with Gasteiger partial charge in [0.2, 0.25) is 0 Å². The molecule has 2 aliphatic heterocycles. The van der Waals surface area contributed by atoms with E-state index in [9.17, 15) is 9.59 Å². The smallest absolute Gasteiger partial charge is 0.411 e. The number of carbonyl (C=O) groups excluding carboxylic acids is 2. The molecule has 3 rings (SSSR count). The number of carbonyl (C=O) groups is 2. The minimum Gasteiger partial charge on any atom is -0.443 e. The first-order valence-electron chi connectivity index (χ1n) is 6.75. The van der Waals surface area contributed by atoms with Crippen molar-refractivity contribution in [2.24, 2.45) is 5.73 Å². The zero-order valence-corrected chi connectivity index (χ0v) is 11.3. The van der Waals surface area contributed by atoms with Gasteiger partial charge in [0.15, 0.2) is 0 Å². The van der Waals surface area contributed by atoms with E-state index in [1.165, 1.54) is 4.90 Å². The number of nitrogens with zero attached hydrogens (tertiary/aromatic N) is 2. The van der Waals surface area contributed by atoms with Crippen LogP contribution in [0.15, 0.2) is 24.3 Å². The Morgan fingerprint density at radius 2 is 2.10 bits per heavy atom. The van der Waals surface area contributed by atoms with Crippen molar-refractivity contribution in [2.45, 2.75) is 19.1 Å². The quantitative estimate of drug-likeness (QED) is 0.888. The van der Waals surface area contributed by atoms with Gasteiger partial charge in [-0.25, -0.2) is 4.79 Å². The number of cyclic esters (lactones) is 1.